The predicted octanol–water partition coefficient (Wildman–Crippen LogP) is 2.07. The van der Waals surface area contributed by atoms with E-state index >= 15 is 0 Å². The van der Waals surface area contributed by atoms with E-state index in [9.17, 15) is 4.79 Å². The van der Waals surface area contributed by atoms with Crippen LogP contribution in [0.15, 0.2) is 24.3 Å². The molecule has 0 unspecified atom stereocenters. The first-order valence-corrected chi connectivity index (χ1v) is 6.75. The minimum atomic E-state index is 0.133. The number of nitrogens with two attached hydrogens (primary N) is 1. The molecule has 0 bridgehead atoms. The molecule has 19 heavy (non-hydrogen) atoms. The molecule has 2 rings (SSSR count). The van der Waals surface area contributed by atoms with Gasteiger partial charge in [-0.1, -0.05) is 24.1 Å². The Kier molecular flexibility index (Phi) is 4.46. The summed E-state index contributed by atoms with van der Waals surface area (Å²) in [6.45, 7) is 1.23. The molecule has 1 aromatic carbocycles. The summed E-state index contributed by atoms with van der Waals surface area (Å²) >= 11 is 0. The summed E-state index contributed by atoms with van der Waals surface area (Å²) in [7, 11) is 0. The van der Waals surface area contributed by atoms with Gasteiger partial charge in [0.2, 0.25) is 5.91 Å². The molecule has 1 fully saturated rings. The summed E-state index contributed by atoms with van der Waals surface area (Å²) in [6.07, 6.45) is 8.93. The fourth-order valence-corrected chi connectivity index (χ4v) is 2.14. The van der Waals surface area contributed by atoms with Gasteiger partial charge in [-0.05, 0) is 36.8 Å². The second kappa shape index (κ2) is 6.29. The van der Waals surface area contributed by atoms with E-state index < -0.39 is 0 Å². The van der Waals surface area contributed by atoms with Crippen LogP contribution in [0.3, 0.4) is 0 Å². The van der Waals surface area contributed by atoms with Crippen LogP contribution in [-0.4, -0.2) is 23.9 Å². The van der Waals surface area contributed by atoms with Crippen LogP contribution in [0.1, 0.15) is 24.8 Å². The number of hydrogen-bond acceptors (Lipinski definition) is 2. The number of aryl methyl sites for hydroxylation is 1. The average Bonchev–Trinajstić information content (AvgIpc) is 3.21. The van der Waals surface area contributed by atoms with E-state index in [0.717, 1.165) is 17.8 Å². The summed E-state index contributed by atoms with van der Waals surface area (Å²) in [5.41, 5.74) is 7.66. The fraction of sp³-hybridized carbons (Fsp3) is 0.438. The molecule has 1 amide bonds. The molecule has 0 aromatic heterocycles. The number of para-hydroxylation sites is 1. The maximum atomic E-state index is 12.2. The zero-order chi connectivity index (χ0) is 13.7. The Hall–Kier alpha value is -1.95. The Morgan fingerprint density at radius 2 is 2.16 bits per heavy atom. The number of carbonyl (C=O) groups is 1. The summed E-state index contributed by atoms with van der Waals surface area (Å²) in [6, 6.07) is 7.68. The lowest BCUT2D eigenvalue weighted by Crippen LogP contribution is -2.33. The first-order chi connectivity index (χ1) is 9.20. The van der Waals surface area contributed by atoms with E-state index in [1.807, 2.05) is 24.3 Å². The minimum Gasteiger partial charge on any atom is -0.399 e. The van der Waals surface area contributed by atoms with Crippen molar-refractivity contribution < 1.29 is 4.79 Å². The van der Waals surface area contributed by atoms with Gasteiger partial charge in [0.15, 0.2) is 0 Å². The van der Waals surface area contributed by atoms with Crippen LogP contribution < -0.4 is 5.73 Å². The third-order valence-corrected chi connectivity index (χ3v) is 3.47. The standard InChI is InChI=1S/C16H20N2O/c1-2-11-18(12-13-7-8-13)16(19)10-9-14-5-3-4-6-15(14)17/h1,3-6,13H,7-12,17H2. The van der Waals surface area contributed by atoms with Crippen molar-refractivity contribution in [1.29, 1.82) is 0 Å². The van der Waals surface area contributed by atoms with Gasteiger partial charge in [-0.3, -0.25) is 4.79 Å². The largest absolute Gasteiger partial charge is 0.399 e. The normalized spacial score (nSPS) is 13.8. The van der Waals surface area contributed by atoms with Gasteiger partial charge in [-0.2, -0.15) is 0 Å². The highest BCUT2D eigenvalue weighted by molar-refractivity contribution is 5.77. The topological polar surface area (TPSA) is 46.3 Å². The van der Waals surface area contributed by atoms with Crippen molar-refractivity contribution in [2.45, 2.75) is 25.7 Å². The Balaban J connectivity index is 1.88. The molecule has 3 heteroatoms. The minimum absolute atomic E-state index is 0.133. The Labute approximate surface area is 114 Å². The van der Waals surface area contributed by atoms with Crippen molar-refractivity contribution in [3.8, 4) is 12.3 Å². The van der Waals surface area contributed by atoms with E-state index in [2.05, 4.69) is 5.92 Å². The fourth-order valence-electron chi connectivity index (χ4n) is 2.14. The zero-order valence-electron chi connectivity index (χ0n) is 11.1. The van der Waals surface area contributed by atoms with Crippen LogP contribution in [-0.2, 0) is 11.2 Å². The number of nitrogens with zero attached hydrogens (tertiary/aromatic N) is 1. The predicted molar refractivity (Wildman–Crippen MR) is 77.3 cm³/mol. The maximum Gasteiger partial charge on any atom is 0.223 e. The first-order valence-electron chi connectivity index (χ1n) is 6.75. The van der Waals surface area contributed by atoms with Gasteiger partial charge < -0.3 is 10.6 Å². The van der Waals surface area contributed by atoms with Gasteiger partial charge in [-0.15, -0.1) is 6.42 Å². The molecule has 1 aliphatic rings. The lowest BCUT2D eigenvalue weighted by Gasteiger charge is -2.20. The van der Waals surface area contributed by atoms with Crippen molar-refractivity contribution in [3.63, 3.8) is 0 Å². The Morgan fingerprint density at radius 3 is 2.79 bits per heavy atom. The van der Waals surface area contributed by atoms with E-state index in [1.54, 1.807) is 4.90 Å². The molecular formula is C16H20N2O. The molecule has 0 saturated heterocycles. The molecule has 0 spiro atoms. The lowest BCUT2D eigenvalue weighted by atomic mass is 10.1. The van der Waals surface area contributed by atoms with Gasteiger partial charge in [0, 0.05) is 18.7 Å². The Morgan fingerprint density at radius 1 is 1.42 bits per heavy atom. The molecule has 3 nitrogen and oxygen atoms in total. The molecule has 1 aliphatic carbocycles. The second-order valence-electron chi connectivity index (χ2n) is 5.12. The van der Waals surface area contributed by atoms with E-state index in [0.29, 0.717) is 25.3 Å². The molecule has 100 valence electrons. The highest BCUT2D eigenvalue weighted by Gasteiger charge is 2.26. The third-order valence-electron chi connectivity index (χ3n) is 3.47. The number of carbonyl (C=O) groups excluding carboxylic acids is 1. The number of nitrogen functional groups attached to an aromatic ring is 1. The van der Waals surface area contributed by atoms with Crippen LogP contribution in [0, 0.1) is 18.3 Å². The monoisotopic (exact) mass is 256 g/mol. The Bertz CT molecular complexity index is 486. The number of amides is 1. The molecule has 0 heterocycles. The van der Waals surface area contributed by atoms with Gasteiger partial charge in [0.1, 0.15) is 0 Å². The number of rotatable bonds is 6. The van der Waals surface area contributed by atoms with Gasteiger partial charge in [-0.25, -0.2) is 0 Å². The van der Waals surface area contributed by atoms with Crippen molar-refractivity contribution >= 4 is 11.6 Å². The quantitative estimate of drug-likeness (QED) is 0.625. The van der Waals surface area contributed by atoms with Crippen LogP contribution in [0.2, 0.25) is 0 Å². The first kappa shape index (κ1) is 13.5. The maximum absolute atomic E-state index is 12.2. The molecule has 1 aromatic rings. The highest BCUT2D eigenvalue weighted by atomic mass is 16.2. The smallest absolute Gasteiger partial charge is 0.223 e. The highest BCUT2D eigenvalue weighted by Crippen LogP contribution is 2.29. The van der Waals surface area contributed by atoms with Crippen molar-refractivity contribution in [2.24, 2.45) is 5.92 Å². The summed E-state index contributed by atoms with van der Waals surface area (Å²) in [5.74, 6) is 3.37. The van der Waals surface area contributed by atoms with Crippen LogP contribution in [0.4, 0.5) is 5.69 Å². The number of anilines is 1. The van der Waals surface area contributed by atoms with E-state index in [4.69, 9.17) is 12.2 Å². The van der Waals surface area contributed by atoms with Crippen molar-refractivity contribution in [2.75, 3.05) is 18.8 Å². The van der Waals surface area contributed by atoms with Crippen molar-refractivity contribution in [3.05, 3.63) is 29.8 Å². The average molecular weight is 256 g/mol. The number of terminal acetylenes is 1. The third kappa shape index (κ3) is 4.03. The molecular weight excluding hydrogens is 236 g/mol. The molecule has 2 N–H and O–H groups in total. The van der Waals surface area contributed by atoms with Crippen molar-refractivity contribution in [1.82, 2.24) is 4.90 Å². The van der Waals surface area contributed by atoms with E-state index in [-0.39, 0.29) is 5.91 Å². The van der Waals surface area contributed by atoms with Crippen LogP contribution in [0.5, 0.6) is 0 Å². The summed E-state index contributed by atoms with van der Waals surface area (Å²) < 4.78 is 0. The summed E-state index contributed by atoms with van der Waals surface area (Å²) in [5, 5.41) is 0. The lowest BCUT2D eigenvalue weighted by molar-refractivity contribution is -0.130. The molecule has 0 aliphatic heterocycles. The van der Waals surface area contributed by atoms with Crippen LogP contribution in [0.25, 0.3) is 0 Å². The van der Waals surface area contributed by atoms with Gasteiger partial charge in [0.05, 0.1) is 6.54 Å². The zero-order valence-corrected chi connectivity index (χ0v) is 11.1. The number of hydrogen-bond donors (Lipinski definition) is 1. The van der Waals surface area contributed by atoms with E-state index in [1.165, 1.54) is 12.8 Å². The summed E-state index contributed by atoms with van der Waals surface area (Å²) in [4.78, 5) is 14.0. The SMILES string of the molecule is C#CCN(CC1CC1)C(=O)CCc1ccccc1N. The van der Waals surface area contributed by atoms with Crippen LogP contribution >= 0.6 is 0 Å². The van der Waals surface area contributed by atoms with Gasteiger partial charge >= 0.3 is 0 Å². The van der Waals surface area contributed by atoms with Gasteiger partial charge in [0.25, 0.3) is 0 Å². The number of benzene rings is 1. The second-order valence-corrected chi connectivity index (χ2v) is 5.12. The molecule has 0 atom stereocenters. The molecule has 1 saturated carbocycles. The molecule has 0 radical (unpaired) electrons.